The van der Waals surface area contributed by atoms with Gasteiger partial charge in [-0.05, 0) is 37.3 Å². The molecule has 0 aliphatic heterocycles. The Morgan fingerprint density at radius 3 is 2.45 bits per heavy atom. The molecule has 0 radical (unpaired) electrons. The maximum atomic E-state index is 6.44. The maximum absolute atomic E-state index is 6.44. The Kier molecular flexibility index (Phi) is 4.63. The van der Waals surface area contributed by atoms with Gasteiger partial charge in [0.05, 0.1) is 5.56 Å². The van der Waals surface area contributed by atoms with Crippen LogP contribution in [0.15, 0.2) is 24.3 Å². The normalized spacial score (nSPS) is 15.2. The van der Waals surface area contributed by atoms with E-state index in [1.54, 1.807) is 0 Å². The van der Waals surface area contributed by atoms with Crippen LogP contribution in [0.4, 0.5) is 5.82 Å². The highest BCUT2D eigenvalue weighted by molar-refractivity contribution is 6.32. The molecule has 1 aliphatic carbocycles. The van der Waals surface area contributed by atoms with Gasteiger partial charge in [-0.3, -0.25) is 0 Å². The van der Waals surface area contributed by atoms with Crippen LogP contribution in [0, 0.1) is 6.92 Å². The standard InChI is InChI=1S/C18H22ClN3/c1-3-13-8-10-14(11-9-13)16-17(19)20-12(2)21-18(16)22-15-6-4-5-7-15/h8-11,15H,3-7H2,1-2H3,(H,20,21,22). The Balaban J connectivity index is 1.99. The molecule has 0 saturated heterocycles. The summed E-state index contributed by atoms with van der Waals surface area (Å²) in [6.07, 6.45) is 6.02. The van der Waals surface area contributed by atoms with Crippen LogP contribution in [0.3, 0.4) is 0 Å². The minimum Gasteiger partial charge on any atom is -0.367 e. The fraction of sp³-hybridized carbons (Fsp3) is 0.444. The van der Waals surface area contributed by atoms with E-state index < -0.39 is 0 Å². The van der Waals surface area contributed by atoms with Crippen molar-refractivity contribution in [3.8, 4) is 11.1 Å². The molecule has 0 amide bonds. The number of aromatic nitrogens is 2. The zero-order valence-corrected chi connectivity index (χ0v) is 14.0. The molecule has 3 rings (SSSR count). The zero-order chi connectivity index (χ0) is 15.5. The van der Waals surface area contributed by atoms with Crippen molar-refractivity contribution < 1.29 is 0 Å². The van der Waals surface area contributed by atoms with Gasteiger partial charge in [-0.2, -0.15) is 0 Å². The second-order valence-corrected chi connectivity index (χ2v) is 6.32. The molecule has 1 N–H and O–H groups in total. The molecular weight excluding hydrogens is 294 g/mol. The number of nitrogens with zero attached hydrogens (tertiary/aromatic N) is 2. The number of hydrogen-bond acceptors (Lipinski definition) is 3. The van der Waals surface area contributed by atoms with E-state index in [1.165, 1.54) is 31.2 Å². The summed E-state index contributed by atoms with van der Waals surface area (Å²) >= 11 is 6.44. The molecule has 1 aromatic heterocycles. The van der Waals surface area contributed by atoms with Crippen LogP contribution in [0.2, 0.25) is 5.15 Å². The molecule has 0 spiro atoms. The van der Waals surface area contributed by atoms with Crippen molar-refractivity contribution in [3.05, 3.63) is 40.8 Å². The number of nitrogens with one attached hydrogen (secondary N) is 1. The van der Waals surface area contributed by atoms with Crippen LogP contribution in [0.25, 0.3) is 11.1 Å². The lowest BCUT2D eigenvalue weighted by atomic mass is 10.0. The summed E-state index contributed by atoms with van der Waals surface area (Å²) < 4.78 is 0. The fourth-order valence-electron chi connectivity index (χ4n) is 3.07. The van der Waals surface area contributed by atoms with Crippen molar-refractivity contribution in [2.45, 2.75) is 52.0 Å². The van der Waals surface area contributed by atoms with Gasteiger partial charge in [-0.1, -0.05) is 55.6 Å². The third-order valence-electron chi connectivity index (χ3n) is 4.32. The molecule has 1 heterocycles. The Morgan fingerprint density at radius 1 is 1.14 bits per heavy atom. The molecule has 116 valence electrons. The van der Waals surface area contributed by atoms with Crippen molar-refractivity contribution in [3.63, 3.8) is 0 Å². The molecule has 22 heavy (non-hydrogen) atoms. The van der Waals surface area contributed by atoms with Gasteiger partial charge in [0.25, 0.3) is 0 Å². The van der Waals surface area contributed by atoms with Crippen LogP contribution in [-0.2, 0) is 6.42 Å². The lowest BCUT2D eigenvalue weighted by Crippen LogP contribution is -2.17. The van der Waals surface area contributed by atoms with Crippen LogP contribution in [0.1, 0.15) is 44.0 Å². The van der Waals surface area contributed by atoms with Crippen molar-refractivity contribution >= 4 is 17.4 Å². The van der Waals surface area contributed by atoms with E-state index in [0.29, 0.717) is 17.0 Å². The van der Waals surface area contributed by atoms with E-state index in [1.807, 2.05) is 6.92 Å². The summed E-state index contributed by atoms with van der Waals surface area (Å²) in [4.78, 5) is 8.95. The minimum atomic E-state index is 0.499. The highest BCUT2D eigenvalue weighted by atomic mass is 35.5. The fourth-order valence-corrected chi connectivity index (χ4v) is 3.39. The quantitative estimate of drug-likeness (QED) is 0.805. The lowest BCUT2D eigenvalue weighted by molar-refractivity contribution is 0.749. The molecule has 1 fully saturated rings. The predicted molar refractivity (Wildman–Crippen MR) is 92.5 cm³/mol. The Morgan fingerprint density at radius 2 is 1.82 bits per heavy atom. The zero-order valence-electron chi connectivity index (χ0n) is 13.2. The van der Waals surface area contributed by atoms with E-state index in [-0.39, 0.29) is 0 Å². The summed E-state index contributed by atoms with van der Waals surface area (Å²) in [6, 6.07) is 9.01. The second-order valence-electron chi connectivity index (χ2n) is 5.96. The number of rotatable bonds is 4. The first kappa shape index (κ1) is 15.3. The average molecular weight is 316 g/mol. The van der Waals surface area contributed by atoms with Gasteiger partial charge in [0.2, 0.25) is 0 Å². The second kappa shape index (κ2) is 6.66. The van der Waals surface area contributed by atoms with Crippen LogP contribution < -0.4 is 5.32 Å². The van der Waals surface area contributed by atoms with Crippen molar-refractivity contribution in [1.29, 1.82) is 0 Å². The summed E-state index contributed by atoms with van der Waals surface area (Å²) in [6.45, 7) is 4.04. The van der Waals surface area contributed by atoms with Crippen molar-refractivity contribution in [1.82, 2.24) is 9.97 Å². The summed E-state index contributed by atoms with van der Waals surface area (Å²) in [5, 5.41) is 4.11. The van der Waals surface area contributed by atoms with Crippen LogP contribution in [-0.4, -0.2) is 16.0 Å². The number of hydrogen-bond donors (Lipinski definition) is 1. The maximum Gasteiger partial charge on any atom is 0.142 e. The van der Waals surface area contributed by atoms with Crippen LogP contribution in [0.5, 0.6) is 0 Å². The molecule has 1 aromatic carbocycles. The monoisotopic (exact) mass is 315 g/mol. The smallest absolute Gasteiger partial charge is 0.142 e. The largest absolute Gasteiger partial charge is 0.367 e. The third-order valence-corrected chi connectivity index (χ3v) is 4.60. The minimum absolute atomic E-state index is 0.499. The topological polar surface area (TPSA) is 37.8 Å². The van der Waals surface area contributed by atoms with Gasteiger partial charge < -0.3 is 5.32 Å². The summed E-state index contributed by atoms with van der Waals surface area (Å²) in [7, 11) is 0. The molecule has 4 heteroatoms. The lowest BCUT2D eigenvalue weighted by Gasteiger charge is -2.17. The first-order valence-corrected chi connectivity index (χ1v) is 8.45. The first-order chi connectivity index (χ1) is 10.7. The van der Waals surface area contributed by atoms with E-state index in [2.05, 4.69) is 46.5 Å². The third kappa shape index (κ3) is 3.25. The van der Waals surface area contributed by atoms with Gasteiger partial charge in [0, 0.05) is 6.04 Å². The molecule has 3 nitrogen and oxygen atoms in total. The number of halogens is 1. The van der Waals surface area contributed by atoms with Gasteiger partial charge in [-0.15, -0.1) is 0 Å². The molecule has 1 saturated carbocycles. The highest BCUT2D eigenvalue weighted by Crippen LogP contribution is 2.34. The van der Waals surface area contributed by atoms with Gasteiger partial charge in [-0.25, -0.2) is 9.97 Å². The molecule has 0 unspecified atom stereocenters. The van der Waals surface area contributed by atoms with E-state index in [4.69, 9.17) is 11.6 Å². The Bertz CT molecular complexity index is 646. The number of benzene rings is 1. The van der Waals surface area contributed by atoms with E-state index in [9.17, 15) is 0 Å². The number of aryl methyl sites for hydroxylation is 2. The SMILES string of the molecule is CCc1ccc(-c2c(Cl)nc(C)nc2NC2CCCC2)cc1. The predicted octanol–water partition coefficient (Wildman–Crippen LogP) is 5.02. The van der Waals surface area contributed by atoms with E-state index in [0.717, 1.165) is 23.4 Å². The number of anilines is 1. The highest BCUT2D eigenvalue weighted by Gasteiger charge is 2.20. The molecule has 0 atom stereocenters. The molecule has 0 bridgehead atoms. The van der Waals surface area contributed by atoms with Gasteiger partial charge in [0.15, 0.2) is 0 Å². The van der Waals surface area contributed by atoms with Gasteiger partial charge in [0.1, 0.15) is 16.8 Å². The molecule has 1 aliphatic rings. The Hall–Kier alpha value is -1.61. The summed E-state index contributed by atoms with van der Waals surface area (Å²) in [5.41, 5.74) is 3.31. The van der Waals surface area contributed by atoms with E-state index >= 15 is 0 Å². The van der Waals surface area contributed by atoms with Crippen molar-refractivity contribution in [2.24, 2.45) is 0 Å². The first-order valence-electron chi connectivity index (χ1n) is 8.07. The molecule has 2 aromatic rings. The van der Waals surface area contributed by atoms with Crippen LogP contribution >= 0.6 is 11.6 Å². The van der Waals surface area contributed by atoms with Gasteiger partial charge >= 0.3 is 0 Å². The summed E-state index contributed by atoms with van der Waals surface area (Å²) in [5.74, 6) is 1.58. The van der Waals surface area contributed by atoms with Crippen molar-refractivity contribution in [2.75, 3.05) is 5.32 Å². The Labute approximate surface area is 137 Å². The average Bonchev–Trinajstić information content (AvgIpc) is 3.00. The molecular formula is C18H22ClN3.